The highest BCUT2D eigenvalue weighted by Gasteiger charge is 2.21. The van der Waals surface area contributed by atoms with E-state index < -0.39 is 24.1 Å². The zero-order valence-corrected chi connectivity index (χ0v) is 12.1. The van der Waals surface area contributed by atoms with Gasteiger partial charge in [-0.2, -0.15) is 0 Å². The van der Waals surface area contributed by atoms with Crippen molar-refractivity contribution in [2.75, 3.05) is 13.7 Å². The minimum Gasteiger partial charge on any atom is -0.469 e. The van der Waals surface area contributed by atoms with Gasteiger partial charge in [0, 0.05) is 6.42 Å². The normalized spacial score (nSPS) is 13.2. The zero-order chi connectivity index (χ0) is 15.5. The molecule has 0 bridgehead atoms. The minimum absolute atomic E-state index is 0.191. The second-order valence-electron chi connectivity index (χ2n) is 4.31. The third-order valence-corrected chi connectivity index (χ3v) is 2.46. The number of aliphatic hydroxyl groups excluding tert-OH is 1. The average molecular weight is 290 g/mol. The van der Waals surface area contributed by atoms with Crippen LogP contribution in [-0.4, -0.2) is 48.9 Å². The van der Waals surface area contributed by atoms with E-state index >= 15 is 0 Å². The van der Waals surface area contributed by atoms with Crippen LogP contribution in [0.5, 0.6) is 0 Å². The molecule has 0 aliphatic carbocycles. The molecule has 0 aliphatic rings. The third kappa shape index (κ3) is 8.47. The van der Waals surface area contributed by atoms with Crippen LogP contribution >= 0.6 is 0 Å². The first kappa shape index (κ1) is 18.4. The van der Waals surface area contributed by atoms with Crippen LogP contribution in [0.4, 0.5) is 0 Å². The summed E-state index contributed by atoms with van der Waals surface area (Å²) in [5, 5.41) is 8.93. The Morgan fingerprint density at radius 2 is 1.70 bits per heavy atom. The summed E-state index contributed by atoms with van der Waals surface area (Å²) in [4.78, 5) is 33.3. The number of hydrogen-bond donors (Lipinski definition) is 1. The molecule has 0 saturated carbocycles. The predicted molar refractivity (Wildman–Crippen MR) is 68.7 cm³/mol. The Morgan fingerprint density at radius 1 is 1.05 bits per heavy atom. The zero-order valence-electron chi connectivity index (χ0n) is 12.1. The van der Waals surface area contributed by atoms with Gasteiger partial charge in [-0.25, -0.2) is 9.59 Å². The number of esters is 3. The van der Waals surface area contributed by atoms with Crippen molar-refractivity contribution in [3.8, 4) is 0 Å². The molecule has 7 nitrogen and oxygen atoms in total. The molecule has 0 aromatic heterocycles. The Kier molecular flexibility index (Phi) is 9.36. The van der Waals surface area contributed by atoms with Crippen molar-refractivity contribution < 1.29 is 33.7 Å². The molecule has 0 aliphatic heterocycles. The van der Waals surface area contributed by atoms with E-state index in [0.717, 1.165) is 6.42 Å². The number of ether oxygens (including phenoxy) is 3. The van der Waals surface area contributed by atoms with E-state index in [-0.39, 0.29) is 12.6 Å². The van der Waals surface area contributed by atoms with Gasteiger partial charge in [-0.05, 0) is 33.1 Å². The van der Waals surface area contributed by atoms with E-state index in [1.54, 1.807) is 0 Å². The van der Waals surface area contributed by atoms with E-state index in [1.165, 1.54) is 21.0 Å². The lowest BCUT2D eigenvalue weighted by molar-refractivity contribution is -0.171. The van der Waals surface area contributed by atoms with Gasteiger partial charge in [0.25, 0.3) is 0 Å². The fourth-order valence-corrected chi connectivity index (χ4v) is 1.26. The van der Waals surface area contributed by atoms with Crippen LogP contribution in [0.1, 0.15) is 39.5 Å². The van der Waals surface area contributed by atoms with Crippen molar-refractivity contribution in [2.24, 2.45) is 0 Å². The predicted octanol–water partition coefficient (Wildman–Crippen LogP) is 0.575. The molecule has 1 N–H and O–H groups in total. The molecular formula is C13H22O7. The molecule has 0 aromatic carbocycles. The first-order valence-electron chi connectivity index (χ1n) is 6.50. The highest BCUT2D eigenvalue weighted by Crippen LogP contribution is 2.03. The van der Waals surface area contributed by atoms with Gasteiger partial charge in [0.2, 0.25) is 0 Å². The smallest absolute Gasteiger partial charge is 0.347 e. The monoisotopic (exact) mass is 290 g/mol. The van der Waals surface area contributed by atoms with Crippen molar-refractivity contribution in [3.63, 3.8) is 0 Å². The summed E-state index contributed by atoms with van der Waals surface area (Å²) in [5.74, 6) is -1.79. The van der Waals surface area contributed by atoms with Gasteiger partial charge in [-0.3, -0.25) is 4.79 Å². The molecule has 0 rings (SSSR count). The Labute approximate surface area is 118 Å². The largest absolute Gasteiger partial charge is 0.469 e. The quantitative estimate of drug-likeness (QED) is 0.376. The van der Waals surface area contributed by atoms with Crippen LogP contribution in [0.15, 0.2) is 0 Å². The fourth-order valence-electron chi connectivity index (χ4n) is 1.26. The number of carbonyl (C=O) groups is 3. The average Bonchev–Trinajstić information content (AvgIpc) is 2.41. The summed E-state index contributed by atoms with van der Waals surface area (Å²) < 4.78 is 14.1. The molecule has 0 aromatic rings. The SMILES string of the molecule is COC(=O)CCCCCOC(=O)C(C)OC(=O)C(C)O. The summed E-state index contributed by atoms with van der Waals surface area (Å²) >= 11 is 0. The maximum absolute atomic E-state index is 11.4. The number of carbonyl (C=O) groups excluding carboxylic acids is 3. The van der Waals surface area contributed by atoms with Gasteiger partial charge < -0.3 is 19.3 Å². The summed E-state index contributed by atoms with van der Waals surface area (Å²) in [6.07, 6.45) is 0.0176. The standard InChI is InChI=1S/C13H22O7/c1-9(14)12(16)20-10(2)13(17)19-8-6-4-5-7-11(15)18-3/h9-10,14H,4-8H2,1-3H3. The van der Waals surface area contributed by atoms with Gasteiger partial charge >= 0.3 is 17.9 Å². The molecule has 7 heteroatoms. The first-order chi connectivity index (χ1) is 9.38. The molecule has 116 valence electrons. The highest BCUT2D eigenvalue weighted by atomic mass is 16.6. The lowest BCUT2D eigenvalue weighted by atomic mass is 10.2. The molecule has 0 saturated heterocycles. The lowest BCUT2D eigenvalue weighted by Gasteiger charge is -2.13. The van der Waals surface area contributed by atoms with Crippen molar-refractivity contribution in [2.45, 2.75) is 51.7 Å². The van der Waals surface area contributed by atoms with Crippen LogP contribution in [0.3, 0.4) is 0 Å². The third-order valence-electron chi connectivity index (χ3n) is 2.46. The molecule has 0 fully saturated rings. The number of methoxy groups -OCH3 is 1. The second-order valence-corrected chi connectivity index (χ2v) is 4.31. The summed E-state index contributed by atoms with van der Waals surface area (Å²) in [7, 11) is 1.33. The van der Waals surface area contributed by atoms with Crippen LogP contribution in [-0.2, 0) is 28.6 Å². The van der Waals surface area contributed by atoms with Crippen LogP contribution in [0, 0.1) is 0 Å². The van der Waals surface area contributed by atoms with Gasteiger partial charge in [-0.1, -0.05) is 0 Å². The maximum Gasteiger partial charge on any atom is 0.347 e. The molecule has 0 radical (unpaired) electrons. The maximum atomic E-state index is 11.4. The van der Waals surface area contributed by atoms with E-state index in [2.05, 4.69) is 9.47 Å². The Balaban J connectivity index is 3.67. The summed E-state index contributed by atoms with van der Waals surface area (Å²) in [6, 6.07) is 0. The van der Waals surface area contributed by atoms with E-state index in [0.29, 0.717) is 19.3 Å². The van der Waals surface area contributed by atoms with Gasteiger partial charge in [0.05, 0.1) is 13.7 Å². The number of unbranched alkanes of at least 4 members (excludes halogenated alkanes) is 2. The molecule has 0 heterocycles. The molecule has 2 unspecified atom stereocenters. The molecule has 2 atom stereocenters. The lowest BCUT2D eigenvalue weighted by Crippen LogP contribution is -2.30. The van der Waals surface area contributed by atoms with E-state index in [1.807, 2.05) is 0 Å². The number of aliphatic hydroxyl groups is 1. The van der Waals surface area contributed by atoms with Crippen LogP contribution < -0.4 is 0 Å². The fraction of sp³-hybridized carbons (Fsp3) is 0.769. The van der Waals surface area contributed by atoms with Crippen LogP contribution in [0.25, 0.3) is 0 Å². The van der Waals surface area contributed by atoms with E-state index in [4.69, 9.17) is 9.84 Å². The van der Waals surface area contributed by atoms with Gasteiger partial charge in [0.15, 0.2) is 6.10 Å². The van der Waals surface area contributed by atoms with Gasteiger partial charge in [-0.15, -0.1) is 0 Å². The highest BCUT2D eigenvalue weighted by molar-refractivity contribution is 5.80. The Morgan fingerprint density at radius 3 is 2.25 bits per heavy atom. The summed E-state index contributed by atoms with van der Waals surface area (Å²) in [6.45, 7) is 2.82. The number of rotatable bonds is 9. The Bertz CT molecular complexity index is 325. The first-order valence-corrected chi connectivity index (χ1v) is 6.50. The van der Waals surface area contributed by atoms with Gasteiger partial charge in [0.1, 0.15) is 6.10 Å². The minimum atomic E-state index is -1.27. The topological polar surface area (TPSA) is 99.1 Å². The number of hydrogen-bond acceptors (Lipinski definition) is 7. The van der Waals surface area contributed by atoms with E-state index in [9.17, 15) is 14.4 Å². The van der Waals surface area contributed by atoms with Crippen molar-refractivity contribution in [1.29, 1.82) is 0 Å². The molecule has 0 spiro atoms. The molecule has 20 heavy (non-hydrogen) atoms. The molecular weight excluding hydrogens is 268 g/mol. The van der Waals surface area contributed by atoms with Crippen molar-refractivity contribution in [1.82, 2.24) is 0 Å². The second kappa shape index (κ2) is 10.2. The van der Waals surface area contributed by atoms with Crippen molar-refractivity contribution in [3.05, 3.63) is 0 Å². The summed E-state index contributed by atoms with van der Waals surface area (Å²) in [5.41, 5.74) is 0. The Hall–Kier alpha value is -1.63. The van der Waals surface area contributed by atoms with Crippen LogP contribution in [0.2, 0.25) is 0 Å². The van der Waals surface area contributed by atoms with Crippen molar-refractivity contribution >= 4 is 17.9 Å². The molecule has 0 amide bonds.